The Morgan fingerprint density at radius 3 is 2.45 bits per heavy atom. The molecule has 2 fully saturated rings. The number of aliphatic hydroxyl groups excluding tert-OH is 1. The van der Waals surface area contributed by atoms with Gasteiger partial charge in [0.2, 0.25) is 0 Å². The number of aliphatic hydroxyl groups is 1. The molecule has 8 heteroatoms. The summed E-state index contributed by atoms with van der Waals surface area (Å²) in [7, 11) is -2.18. The maximum absolute atomic E-state index is 12.5. The van der Waals surface area contributed by atoms with Crippen molar-refractivity contribution in [3.05, 3.63) is 0 Å². The van der Waals surface area contributed by atoms with E-state index in [4.69, 9.17) is 4.74 Å². The number of nitrogens with zero attached hydrogens (tertiary/aromatic N) is 2. The minimum Gasteiger partial charge on any atom is -0.469 e. The first-order valence-electron chi connectivity index (χ1n) is 6.96. The van der Waals surface area contributed by atoms with Crippen LogP contribution in [0.3, 0.4) is 0 Å². The standard InChI is InChI=1S/C12H22N2O5S/c1-19-12(16)10-4-7-13(8-5-10)20(17,18)14-6-2-3-11(14)9-15/h10-11,15H,2-9H2,1H3/t11-/m1/s1. The van der Waals surface area contributed by atoms with Crippen LogP contribution in [0.15, 0.2) is 0 Å². The third-order valence-corrected chi connectivity index (χ3v) is 6.24. The Balaban J connectivity index is 2.00. The van der Waals surface area contributed by atoms with Gasteiger partial charge in [-0.05, 0) is 25.7 Å². The van der Waals surface area contributed by atoms with Crippen LogP contribution in [-0.2, 0) is 19.7 Å². The third kappa shape index (κ3) is 2.98. The van der Waals surface area contributed by atoms with Crippen molar-refractivity contribution in [1.82, 2.24) is 8.61 Å². The fraction of sp³-hybridized carbons (Fsp3) is 0.917. The molecule has 20 heavy (non-hydrogen) atoms. The lowest BCUT2D eigenvalue weighted by Crippen LogP contribution is -2.50. The first-order chi connectivity index (χ1) is 9.50. The van der Waals surface area contributed by atoms with Crippen LogP contribution in [0, 0.1) is 5.92 Å². The highest BCUT2D eigenvalue weighted by Crippen LogP contribution is 2.27. The minimum absolute atomic E-state index is 0.141. The average molecular weight is 306 g/mol. The van der Waals surface area contributed by atoms with E-state index < -0.39 is 10.2 Å². The molecule has 0 aromatic carbocycles. The molecule has 2 saturated heterocycles. The van der Waals surface area contributed by atoms with Crippen LogP contribution in [0.5, 0.6) is 0 Å². The number of carbonyl (C=O) groups is 1. The molecule has 0 aromatic heterocycles. The van der Waals surface area contributed by atoms with E-state index in [0.717, 1.165) is 6.42 Å². The van der Waals surface area contributed by atoms with Gasteiger partial charge >= 0.3 is 5.97 Å². The van der Waals surface area contributed by atoms with Crippen LogP contribution < -0.4 is 0 Å². The quantitative estimate of drug-likeness (QED) is 0.712. The molecule has 0 radical (unpaired) electrons. The number of piperidine rings is 1. The number of carbonyl (C=O) groups excluding carboxylic acids is 1. The van der Waals surface area contributed by atoms with E-state index in [9.17, 15) is 18.3 Å². The van der Waals surface area contributed by atoms with Crippen molar-refractivity contribution in [2.75, 3.05) is 33.4 Å². The molecule has 2 aliphatic rings. The summed E-state index contributed by atoms with van der Waals surface area (Å²) in [5, 5.41) is 9.26. The molecular formula is C12H22N2O5S. The Hall–Kier alpha value is -0.700. The summed E-state index contributed by atoms with van der Waals surface area (Å²) in [4.78, 5) is 11.4. The van der Waals surface area contributed by atoms with Gasteiger partial charge in [0.05, 0.1) is 19.6 Å². The fourth-order valence-corrected chi connectivity index (χ4v) is 4.81. The predicted molar refractivity (Wildman–Crippen MR) is 72.0 cm³/mol. The number of methoxy groups -OCH3 is 1. The Labute approximate surface area is 119 Å². The van der Waals surface area contributed by atoms with Crippen molar-refractivity contribution in [2.45, 2.75) is 31.7 Å². The molecule has 0 unspecified atom stereocenters. The molecule has 1 N–H and O–H groups in total. The maximum Gasteiger partial charge on any atom is 0.308 e. The molecule has 116 valence electrons. The molecule has 0 aliphatic carbocycles. The number of esters is 1. The molecule has 0 aromatic rings. The molecule has 7 nitrogen and oxygen atoms in total. The van der Waals surface area contributed by atoms with Crippen molar-refractivity contribution >= 4 is 16.2 Å². The molecule has 0 bridgehead atoms. The average Bonchev–Trinajstić information content (AvgIpc) is 2.95. The van der Waals surface area contributed by atoms with Crippen LogP contribution in [0.4, 0.5) is 0 Å². The van der Waals surface area contributed by atoms with E-state index in [2.05, 4.69) is 0 Å². The zero-order valence-electron chi connectivity index (χ0n) is 11.7. The first kappa shape index (κ1) is 15.7. The number of hydrogen-bond donors (Lipinski definition) is 1. The topological polar surface area (TPSA) is 87.2 Å². The van der Waals surface area contributed by atoms with Crippen molar-refractivity contribution in [1.29, 1.82) is 0 Å². The van der Waals surface area contributed by atoms with E-state index in [1.54, 1.807) is 0 Å². The summed E-state index contributed by atoms with van der Waals surface area (Å²) in [5.41, 5.74) is 0. The lowest BCUT2D eigenvalue weighted by molar-refractivity contribution is -0.146. The van der Waals surface area contributed by atoms with E-state index in [-0.39, 0.29) is 24.5 Å². The Kier molecular flexibility index (Phi) is 5.00. The van der Waals surface area contributed by atoms with Gasteiger partial charge in [-0.1, -0.05) is 0 Å². The highest BCUT2D eigenvalue weighted by molar-refractivity contribution is 7.86. The lowest BCUT2D eigenvalue weighted by Gasteiger charge is -2.34. The predicted octanol–water partition coefficient (Wildman–Crippen LogP) is -0.427. The minimum atomic E-state index is -3.52. The Bertz CT molecular complexity index is 445. The van der Waals surface area contributed by atoms with E-state index in [1.165, 1.54) is 15.7 Å². The summed E-state index contributed by atoms with van der Waals surface area (Å²) in [6, 6.07) is -0.307. The zero-order chi connectivity index (χ0) is 14.8. The van der Waals surface area contributed by atoms with Crippen molar-refractivity contribution < 1.29 is 23.1 Å². The van der Waals surface area contributed by atoms with E-state index in [0.29, 0.717) is 38.9 Å². The number of ether oxygens (including phenoxy) is 1. The van der Waals surface area contributed by atoms with Gasteiger partial charge in [-0.15, -0.1) is 0 Å². The SMILES string of the molecule is COC(=O)C1CCN(S(=O)(=O)N2CCC[C@@H]2CO)CC1. The summed E-state index contributed by atoms with van der Waals surface area (Å²) >= 11 is 0. The van der Waals surface area contributed by atoms with Gasteiger partial charge in [0.15, 0.2) is 0 Å². The summed E-state index contributed by atoms with van der Waals surface area (Å²) in [5.74, 6) is -0.477. The first-order valence-corrected chi connectivity index (χ1v) is 8.36. The lowest BCUT2D eigenvalue weighted by atomic mass is 9.99. The van der Waals surface area contributed by atoms with Gasteiger partial charge in [-0.25, -0.2) is 0 Å². The smallest absolute Gasteiger partial charge is 0.308 e. The second-order valence-electron chi connectivity index (χ2n) is 5.29. The van der Waals surface area contributed by atoms with E-state index >= 15 is 0 Å². The van der Waals surface area contributed by atoms with Crippen LogP contribution in [-0.4, -0.2) is 67.5 Å². The molecular weight excluding hydrogens is 284 g/mol. The van der Waals surface area contributed by atoms with Gasteiger partial charge in [0.25, 0.3) is 10.2 Å². The third-order valence-electron chi connectivity index (χ3n) is 4.14. The molecule has 0 amide bonds. The van der Waals surface area contributed by atoms with Crippen LogP contribution in [0.25, 0.3) is 0 Å². The fourth-order valence-electron chi connectivity index (χ4n) is 2.93. The Morgan fingerprint density at radius 2 is 1.90 bits per heavy atom. The summed E-state index contributed by atoms with van der Waals surface area (Å²) in [6.07, 6.45) is 2.46. The van der Waals surface area contributed by atoms with Crippen molar-refractivity contribution in [3.8, 4) is 0 Å². The molecule has 2 rings (SSSR count). The van der Waals surface area contributed by atoms with Gasteiger partial charge in [-0.2, -0.15) is 17.0 Å². The van der Waals surface area contributed by atoms with Crippen molar-refractivity contribution in [3.63, 3.8) is 0 Å². The highest BCUT2D eigenvalue weighted by Gasteiger charge is 2.39. The summed E-state index contributed by atoms with van der Waals surface area (Å²) < 4.78 is 32.6. The molecule has 1 atom stereocenters. The molecule has 2 heterocycles. The van der Waals surface area contributed by atoms with Gasteiger partial charge in [0.1, 0.15) is 0 Å². The van der Waals surface area contributed by atoms with Gasteiger partial charge in [0, 0.05) is 25.7 Å². The molecule has 0 saturated carbocycles. The van der Waals surface area contributed by atoms with Crippen molar-refractivity contribution in [2.24, 2.45) is 5.92 Å². The Morgan fingerprint density at radius 1 is 1.25 bits per heavy atom. The number of rotatable bonds is 4. The molecule has 2 aliphatic heterocycles. The molecule has 0 spiro atoms. The monoisotopic (exact) mass is 306 g/mol. The zero-order valence-corrected chi connectivity index (χ0v) is 12.5. The second kappa shape index (κ2) is 6.38. The van der Waals surface area contributed by atoms with E-state index in [1.807, 2.05) is 0 Å². The highest BCUT2D eigenvalue weighted by atomic mass is 32.2. The van der Waals surface area contributed by atoms with Crippen LogP contribution in [0.1, 0.15) is 25.7 Å². The van der Waals surface area contributed by atoms with Gasteiger partial charge < -0.3 is 9.84 Å². The maximum atomic E-state index is 12.5. The van der Waals surface area contributed by atoms with Crippen LogP contribution in [0.2, 0.25) is 0 Å². The normalized spacial score (nSPS) is 26.8. The largest absolute Gasteiger partial charge is 0.469 e. The second-order valence-corrected chi connectivity index (χ2v) is 7.17. The summed E-state index contributed by atoms with van der Waals surface area (Å²) in [6.45, 7) is 0.982. The van der Waals surface area contributed by atoms with Crippen LogP contribution >= 0.6 is 0 Å². The number of hydrogen-bond acceptors (Lipinski definition) is 5. The van der Waals surface area contributed by atoms with Gasteiger partial charge in [-0.3, -0.25) is 4.79 Å².